The van der Waals surface area contributed by atoms with Crippen LogP contribution in [0.2, 0.25) is 0 Å². The van der Waals surface area contributed by atoms with Crippen LogP contribution in [-0.2, 0) is 11.3 Å². The van der Waals surface area contributed by atoms with Crippen LogP contribution in [0.25, 0.3) is 0 Å². The summed E-state index contributed by atoms with van der Waals surface area (Å²) in [6.45, 7) is 1.26. The summed E-state index contributed by atoms with van der Waals surface area (Å²) in [5.74, 6) is 4.95. The van der Waals surface area contributed by atoms with Crippen molar-refractivity contribution in [2.24, 2.45) is 11.6 Å². The second-order valence-corrected chi connectivity index (χ2v) is 4.66. The Bertz CT molecular complexity index is 471. The molecule has 7 heteroatoms. The van der Waals surface area contributed by atoms with Crippen LogP contribution in [0.1, 0.15) is 35.4 Å². The predicted octanol–water partition coefficient (Wildman–Crippen LogP) is -0.277. The maximum Gasteiger partial charge on any atom is 0.268 e. The number of hydrogen-bond donors (Lipinski definition) is 3. The van der Waals surface area contributed by atoms with E-state index < -0.39 is 5.91 Å². The number of hydrazine groups is 1. The molecular weight excluding hydrogens is 248 g/mol. The van der Waals surface area contributed by atoms with Crippen molar-refractivity contribution in [3.63, 3.8) is 0 Å². The number of nitrogen functional groups attached to an aromatic ring is 1. The van der Waals surface area contributed by atoms with E-state index in [0.717, 1.165) is 25.8 Å². The molecule has 2 amide bonds. The van der Waals surface area contributed by atoms with Gasteiger partial charge in [-0.05, 0) is 25.5 Å². The lowest BCUT2D eigenvalue weighted by atomic mass is 10.0. The van der Waals surface area contributed by atoms with Gasteiger partial charge in [0.15, 0.2) is 0 Å². The smallest absolute Gasteiger partial charge is 0.268 e. The molecule has 0 aromatic carbocycles. The van der Waals surface area contributed by atoms with Gasteiger partial charge in [-0.15, -0.1) is 0 Å². The molecule has 2 rings (SSSR count). The number of piperidine rings is 1. The molecule has 0 saturated carbocycles. The summed E-state index contributed by atoms with van der Waals surface area (Å²) in [5, 5.41) is 0. The number of furan rings is 1. The Hall–Kier alpha value is -1.86. The number of rotatable bonds is 4. The summed E-state index contributed by atoms with van der Waals surface area (Å²) in [6.07, 6.45) is 4.15. The van der Waals surface area contributed by atoms with Crippen LogP contribution in [0.4, 0.5) is 0 Å². The summed E-state index contributed by atoms with van der Waals surface area (Å²) in [6, 6.07) is 1.36. The lowest BCUT2D eigenvalue weighted by Gasteiger charge is -2.32. The fourth-order valence-electron chi connectivity index (χ4n) is 2.37. The molecule has 0 bridgehead atoms. The second-order valence-electron chi connectivity index (χ2n) is 4.66. The molecule has 1 aromatic rings. The van der Waals surface area contributed by atoms with Crippen LogP contribution >= 0.6 is 0 Å². The standard InChI is InChI=1S/C12H18N4O3/c13-11(17)10-3-1-2-4-16(10)6-9-5-8(7-19-9)12(18)15-14/h5,7,10H,1-4,6,14H2,(H2,13,17)(H,15,18). The fourth-order valence-corrected chi connectivity index (χ4v) is 2.37. The molecule has 0 spiro atoms. The fraction of sp³-hybridized carbons (Fsp3) is 0.500. The highest BCUT2D eigenvalue weighted by Gasteiger charge is 2.27. The molecule has 2 heterocycles. The summed E-state index contributed by atoms with van der Waals surface area (Å²) in [4.78, 5) is 24.7. The average molecular weight is 266 g/mol. The van der Waals surface area contributed by atoms with Gasteiger partial charge in [-0.2, -0.15) is 0 Å². The number of amides is 2. The molecule has 1 aliphatic rings. The summed E-state index contributed by atoms with van der Waals surface area (Å²) in [7, 11) is 0. The quantitative estimate of drug-likeness (QED) is 0.394. The Morgan fingerprint density at radius 2 is 2.26 bits per heavy atom. The van der Waals surface area contributed by atoms with Crippen LogP contribution < -0.4 is 17.0 Å². The molecule has 1 fully saturated rings. The van der Waals surface area contributed by atoms with E-state index in [1.54, 1.807) is 6.07 Å². The van der Waals surface area contributed by atoms with Gasteiger partial charge < -0.3 is 10.2 Å². The lowest BCUT2D eigenvalue weighted by molar-refractivity contribution is -0.124. The Morgan fingerprint density at radius 1 is 1.47 bits per heavy atom. The molecular formula is C12H18N4O3. The highest BCUT2D eigenvalue weighted by molar-refractivity contribution is 5.93. The highest BCUT2D eigenvalue weighted by atomic mass is 16.3. The Kier molecular flexibility index (Phi) is 4.18. The Balaban J connectivity index is 2.04. The van der Waals surface area contributed by atoms with Crippen molar-refractivity contribution in [2.75, 3.05) is 6.54 Å². The van der Waals surface area contributed by atoms with Gasteiger partial charge in [0.05, 0.1) is 18.2 Å². The molecule has 5 N–H and O–H groups in total. The van der Waals surface area contributed by atoms with Gasteiger partial charge in [-0.1, -0.05) is 6.42 Å². The maximum absolute atomic E-state index is 11.4. The Labute approximate surface area is 110 Å². The van der Waals surface area contributed by atoms with E-state index in [1.807, 2.05) is 10.3 Å². The van der Waals surface area contributed by atoms with Crippen molar-refractivity contribution >= 4 is 11.8 Å². The number of hydrogen-bond acceptors (Lipinski definition) is 5. The number of carbonyl (C=O) groups is 2. The molecule has 1 aliphatic heterocycles. The first kappa shape index (κ1) is 13.6. The third kappa shape index (κ3) is 3.12. The molecule has 1 atom stereocenters. The van der Waals surface area contributed by atoms with Crippen molar-refractivity contribution in [3.8, 4) is 0 Å². The van der Waals surface area contributed by atoms with Crippen LogP contribution in [0.3, 0.4) is 0 Å². The van der Waals surface area contributed by atoms with Gasteiger partial charge >= 0.3 is 0 Å². The van der Waals surface area contributed by atoms with E-state index >= 15 is 0 Å². The summed E-state index contributed by atoms with van der Waals surface area (Å²) in [5.41, 5.74) is 7.80. The molecule has 104 valence electrons. The number of likely N-dealkylation sites (tertiary alicyclic amines) is 1. The van der Waals surface area contributed by atoms with Gasteiger partial charge in [0, 0.05) is 0 Å². The first-order valence-corrected chi connectivity index (χ1v) is 6.23. The third-order valence-corrected chi connectivity index (χ3v) is 3.35. The number of nitrogens with one attached hydrogen (secondary N) is 1. The molecule has 0 aliphatic carbocycles. The van der Waals surface area contributed by atoms with Gasteiger partial charge in [0.1, 0.15) is 12.0 Å². The third-order valence-electron chi connectivity index (χ3n) is 3.35. The largest absolute Gasteiger partial charge is 0.467 e. The number of carbonyl (C=O) groups excluding carboxylic acids is 2. The molecule has 0 radical (unpaired) electrons. The SMILES string of the molecule is NNC(=O)c1coc(CN2CCCCC2C(N)=O)c1. The lowest BCUT2D eigenvalue weighted by Crippen LogP contribution is -2.47. The number of primary amides is 1. The zero-order chi connectivity index (χ0) is 13.8. The summed E-state index contributed by atoms with van der Waals surface area (Å²) < 4.78 is 5.31. The Morgan fingerprint density at radius 3 is 2.95 bits per heavy atom. The van der Waals surface area contributed by atoms with Gasteiger partial charge in [-0.3, -0.25) is 19.9 Å². The van der Waals surface area contributed by atoms with E-state index in [2.05, 4.69) is 0 Å². The van der Waals surface area contributed by atoms with Gasteiger partial charge in [0.25, 0.3) is 5.91 Å². The van der Waals surface area contributed by atoms with Crippen LogP contribution in [0.5, 0.6) is 0 Å². The van der Waals surface area contributed by atoms with Crippen LogP contribution in [0, 0.1) is 0 Å². The van der Waals surface area contributed by atoms with E-state index in [9.17, 15) is 9.59 Å². The first-order valence-electron chi connectivity index (χ1n) is 6.23. The molecule has 1 aromatic heterocycles. The molecule has 19 heavy (non-hydrogen) atoms. The van der Waals surface area contributed by atoms with Crippen molar-refractivity contribution in [1.29, 1.82) is 0 Å². The van der Waals surface area contributed by atoms with Crippen LogP contribution in [0.15, 0.2) is 16.7 Å². The van der Waals surface area contributed by atoms with Gasteiger partial charge in [0.2, 0.25) is 5.91 Å². The van der Waals surface area contributed by atoms with E-state index in [-0.39, 0.29) is 11.9 Å². The molecule has 1 unspecified atom stereocenters. The summed E-state index contributed by atoms with van der Waals surface area (Å²) >= 11 is 0. The zero-order valence-corrected chi connectivity index (χ0v) is 10.6. The van der Waals surface area contributed by atoms with E-state index in [1.165, 1.54) is 6.26 Å². The minimum Gasteiger partial charge on any atom is -0.467 e. The normalized spacial score (nSPS) is 20.2. The van der Waals surface area contributed by atoms with Crippen LogP contribution in [-0.4, -0.2) is 29.3 Å². The monoisotopic (exact) mass is 266 g/mol. The van der Waals surface area contributed by atoms with Crippen molar-refractivity contribution in [3.05, 3.63) is 23.7 Å². The second kappa shape index (κ2) is 5.85. The van der Waals surface area contributed by atoms with Gasteiger partial charge in [-0.25, -0.2) is 5.84 Å². The average Bonchev–Trinajstić information content (AvgIpc) is 2.86. The highest BCUT2D eigenvalue weighted by Crippen LogP contribution is 2.20. The molecule has 1 saturated heterocycles. The first-order chi connectivity index (χ1) is 9.11. The zero-order valence-electron chi connectivity index (χ0n) is 10.6. The predicted molar refractivity (Wildman–Crippen MR) is 67.6 cm³/mol. The van der Waals surface area contributed by atoms with E-state index in [0.29, 0.717) is 17.9 Å². The van der Waals surface area contributed by atoms with Crippen molar-refractivity contribution in [2.45, 2.75) is 31.8 Å². The minimum absolute atomic E-state index is 0.259. The topological polar surface area (TPSA) is 115 Å². The van der Waals surface area contributed by atoms with Crippen molar-refractivity contribution < 1.29 is 14.0 Å². The number of nitrogens with two attached hydrogens (primary N) is 2. The minimum atomic E-state index is -0.403. The van der Waals surface area contributed by atoms with Crippen molar-refractivity contribution in [1.82, 2.24) is 10.3 Å². The maximum atomic E-state index is 11.4. The number of nitrogens with zero attached hydrogens (tertiary/aromatic N) is 1. The molecule has 7 nitrogen and oxygen atoms in total. The van der Waals surface area contributed by atoms with E-state index in [4.69, 9.17) is 16.0 Å².